The van der Waals surface area contributed by atoms with Gasteiger partial charge in [-0.25, -0.2) is 0 Å². The van der Waals surface area contributed by atoms with Crippen molar-refractivity contribution in [1.29, 1.82) is 0 Å². The molecule has 0 amide bonds. The quantitative estimate of drug-likeness (QED) is 0.361. The van der Waals surface area contributed by atoms with Crippen molar-refractivity contribution < 1.29 is 4.79 Å². The van der Waals surface area contributed by atoms with Crippen molar-refractivity contribution in [2.75, 3.05) is 0 Å². The third-order valence-electron chi connectivity index (χ3n) is 11.8. The maximum atomic E-state index is 13.2. The maximum absolute atomic E-state index is 13.2. The van der Waals surface area contributed by atoms with Crippen molar-refractivity contribution in [2.24, 2.45) is 51.8 Å². The van der Waals surface area contributed by atoms with Gasteiger partial charge in [-0.1, -0.05) is 79.4 Å². The van der Waals surface area contributed by atoms with E-state index in [1.165, 1.54) is 51.4 Å². The van der Waals surface area contributed by atoms with Crippen LogP contribution in [0.25, 0.3) is 0 Å². The fraction of sp³-hybridized carbons (Fsp3) is 0.903. The Morgan fingerprint density at radius 3 is 2.34 bits per heavy atom. The zero-order valence-corrected chi connectivity index (χ0v) is 22.4. The molecule has 3 fully saturated rings. The minimum absolute atomic E-state index is 0.151. The third kappa shape index (κ3) is 3.58. The fourth-order valence-corrected chi connectivity index (χ4v) is 9.97. The monoisotopic (exact) mass is 440 g/mol. The van der Waals surface area contributed by atoms with Crippen LogP contribution in [0.3, 0.4) is 0 Å². The summed E-state index contributed by atoms with van der Waals surface area (Å²) >= 11 is 0. The lowest BCUT2D eigenvalue weighted by Gasteiger charge is -2.61. The zero-order valence-electron chi connectivity index (χ0n) is 22.4. The zero-order chi connectivity index (χ0) is 23.3. The molecule has 1 nitrogen and oxygen atoms in total. The first-order valence-electron chi connectivity index (χ1n) is 14.4. The Morgan fingerprint density at radius 1 is 0.969 bits per heavy atom. The summed E-state index contributed by atoms with van der Waals surface area (Å²) in [6.45, 7) is 17.1. The fourth-order valence-electron chi connectivity index (χ4n) is 9.97. The van der Waals surface area contributed by atoms with E-state index in [4.69, 9.17) is 0 Å². The van der Waals surface area contributed by atoms with Crippen LogP contribution in [0.4, 0.5) is 0 Å². The molecular formula is C31H52O. The van der Waals surface area contributed by atoms with E-state index in [2.05, 4.69) is 54.5 Å². The first-order chi connectivity index (χ1) is 15.1. The highest BCUT2D eigenvalue weighted by atomic mass is 16.1. The van der Waals surface area contributed by atoms with E-state index in [0.717, 1.165) is 61.2 Å². The summed E-state index contributed by atoms with van der Waals surface area (Å²) in [6, 6.07) is 0. The Bertz CT molecular complexity index is 727. The third-order valence-corrected chi connectivity index (χ3v) is 11.8. The van der Waals surface area contributed by atoms with Crippen LogP contribution in [0.2, 0.25) is 0 Å². The van der Waals surface area contributed by atoms with Crippen molar-refractivity contribution in [3.63, 3.8) is 0 Å². The van der Waals surface area contributed by atoms with Crippen LogP contribution in [-0.2, 0) is 4.79 Å². The number of carbonyl (C=O) groups is 1. The summed E-state index contributed by atoms with van der Waals surface area (Å²) < 4.78 is 0. The van der Waals surface area contributed by atoms with Crippen LogP contribution < -0.4 is 0 Å². The van der Waals surface area contributed by atoms with Gasteiger partial charge in [-0.05, 0) is 97.7 Å². The van der Waals surface area contributed by atoms with Gasteiger partial charge in [0.15, 0.2) is 0 Å². The molecular weight excluding hydrogens is 388 g/mol. The number of rotatable bonds is 7. The molecule has 0 aromatic carbocycles. The van der Waals surface area contributed by atoms with Gasteiger partial charge in [-0.2, -0.15) is 0 Å². The summed E-state index contributed by atoms with van der Waals surface area (Å²) in [5, 5.41) is 0. The molecule has 0 aliphatic heterocycles. The van der Waals surface area contributed by atoms with E-state index >= 15 is 0 Å². The highest BCUT2D eigenvalue weighted by Gasteiger charge is 2.62. The first-order valence-corrected chi connectivity index (χ1v) is 14.4. The smallest absolute Gasteiger partial charge is 0.143 e. The average Bonchev–Trinajstić information content (AvgIpc) is 3.11. The minimum atomic E-state index is -0.151. The molecule has 32 heavy (non-hydrogen) atoms. The van der Waals surface area contributed by atoms with Crippen LogP contribution in [0.5, 0.6) is 0 Å². The Morgan fingerprint density at radius 2 is 1.69 bits per heavy atom. The predicted molar refractivity (Wildman–Crippen MR) is 136 cm³/mol. The van der Waals surface area contributed by atoms with Crippen LogP contribution in [-0.4, -0.2) is 5.78 Å². The van der Waals surface area contributed by atoms with Gasteiger partial charge in [0.05, 0.1) is 0 Å². The second-order valence-corrected chi connectivity index (χ2v) is 13.4. The Hall–Kier alpha value is -0.590. The molecule has 182 valence electrons. The van der Waals surface area contributed by atoms with Crippen LogP contribution >= 0.6 is 0 Å². The summed E-state index contributed by atoms with van der Waals surface area (Å²) in [5.74, 6) is 5.76. The maximum Gasteiger partial charge on any atom is 0.143 e. The molecule has 0 heterocycles. The largest absolute Gasteiger partial charge is 0.299 e. The van der Waals surface area contributed by atoms with Gasteiger partial charge in [0.25, 0.3) is 0 Å². The SMILES string of the molecule is CCC1(CC)C(=O)CC[C@@]2(C)C1=CCC1C2CC[C@@]2(C)C1CC[C@@H]2C(C)CCCC(C)C. The number of hydrogen-bond acceptors (Lipinski definition) is 1. The average molecular weight is 441 g/mol. The van der Waals surface area contributed by atoms with Gasteiger partial charge in [0.1, 0.15) is 5.78 Å². The number of fused-ring (bicyclic) bond motifs is 5. The second kappa shape index (κ2) is 8.88. The van der Waals surface area contributed by atoms with E-state index in [9.17, 15) is 4.79 Å². The van der Waals surface area contributed by atoms with Crippen molar-refractivity contribution in [1.82, 2.24) is 0 Å². The Labute approximate surface area is 199 Å². The van der Waals surface area contributed by atoms with E-state index in [-0.39, 0.29) is 10.8 Å². The second-order valence-electron chi connectivity index (χ2n) is 13.4. The molecule has 0 radical (unpaired) electrons. The van der Waals surface area contributed by atoms with E-state index in [1.54, 1.807) is 5.57 Å². The van der Waals surface area contributed by atoms with Gasteiger partial charge in [-0.3, -0.25) is 4.79 Å². The number of Topliss-reactive ketones (excluding diaryl/α,β-unsaturated/α-hetero) is 1. The standard InChI is InChI=1S/C31H52O/c1-8-31(9-2)27-16-13-23-25-15-14-24(22(5)12-10-11-21(3)4)29(25,6)19-17-26(23)30(27,7)20-18-28(31)32/h16,21-26H,8-15,17-20H2,1-7H3/t22?,23?,24-,25?,26?,29-,30-/m1/s1. The summed E-state index contributed by atoms with van der Waals surface area (Å²) in [6.07, 6.45) is 17.8. The molecule has 0 bridgehead atoms. The van der Waals surface area contributed by atoms with E-state index in [0.29, 0.717) is 11.2 Å². The van der Waals surface area contributed by atoms with Crippen LogP contribution in [0.1, 0.15) is 126 Å². The highest BCUT2D eigenvalue weighted by Crippen LogP contribution is 2.69. The van der Waals surface area contributed by atoms with Gasteiger partial charge in [0, 0.05) is 11.8 Å². The molecule has 1 heteroatoms. The predicted octanol–water partition coefficient (Wildman–Crippen LogP) is 9.01. The van der Waals surface area contributed by atoms with Crippen molar-refractivity contribution in [3.8, 4) is 0 Å². The van der Waals surface area contributed by atoms with Crippen LogP contribution in [0.15, 0.2) is 11.6 Å². The molecule has 0 N–H and O–H groups in total. The molecule has 4 aliphatic rings. The highest BCUT2D eigenvalue weighted by molar-refractivity contribution is 5.89. The minimum Gasteiger partial charge on any atom is -0.299 e. The molecule has 4 unspecified atom stereocenters. The lowest BCUT2D eigenvalue weighted by atomic mass is 9.43. The number of ketones is 1. The first kappa shape index (κ1) is 24.5. The molecule has 0 spiro atoms. The molecule has 0 saturated heterocycles. The van der Waals surface area contributed by atoms with Crippen molar-refractivity contribution in [3.05, 3.63) is 11.6 Å². The van der Waals surface area contributed by atoms with Crippen molar-refractivity contribution >= 4 is 5.78 Å². The lowest BCUT2D eigenvalue weighted by molar-refractivity contribution is -0.134. The Balaban J connectivity index is 1.57. The van der Waals surface area contributed by atoms with Gasteiger partial charge < -0.3 is 0 Å². The normalized spacial score (nSPS) is 41.6. The summed E-state index contributed by atoms with van der Waals surface area (Å²) in [4.78, 5) is 13.2. The molecule has 4 aliphatic carbocycles. The number of hydrogen-bond donors (Lipinski definition) is 0. The molecule has 3 saturated carbocycles. The van der Waals surface area contributed by atoms with Crippen molar-refractivity contribution in [2.45, 2.75) is 126 Å². The topological polar surface area (TPSA) is 17.1 Å². The molecule has 7 atom stereocenters. The number of allylic oxidation sites excluding steroid dienone is 2. The summed E-state index contributed by atoms with van der Waals surface area (Å²) in [5.41, 5.74) is 2.25. The van der Waals surface area contributed by atoms with Gasteiger partial charge in [0.2, 0.25) is 0 Å². The van der Waals surface area contributed by atoms with Crippen LogP contribution in [0, 0.1) is 51.8 Å². The van der Waals surface area contributed by atoms with E-state index < -0.39 is 0 Å². The molecule has 0 aromatic rings. The van der Waals surface area contributed by atoms with E-state index in [1.807, 2.05) is 0 Å². The Kier molecular flexibility index (Phi) is 6.81. The summed E-state index contributed by atoms with van der Waals surface area (Å²) in [7, 11) is 0. The molecule has 4 rings (SSSR count). The lowest BCUT2D eigenvalue weighted by Crippen LogP contribution is -2.54. The van der Waals surface area contributed by atoms with Gasteiger partial charge in [-0.15, -0.1) is 0 Å². The molecule has 0 aromatic heterocycles. The van der Waals surface area contributed by atoms with Gasteiger partial charge >= 0.3 is 0 Å². The number of carbonyl (C=O) groups excluding carboxylic acids is 1.